The van der Waals surface area contributed by atoms with Crippen LogP contribution in [-0.4, -0.2) is 21.4 Å². The topological polar surface area (TPSA) is 40.5 Å². The molecule has 0 aromatic rings. The first-order valence-electron chi connectivity index (χ1n) is 9.48. The third kappa shape index (κ3) is 7.65. The number of aliphatic hydroxyl groups is 2. The second-order valence-corrected chi connectivity index (χ2v) is 7.42. The van der Waals surface area contributed by atoms with Crippen molar-refractivity contribution in [2.45, 2.75) is 121 Å². The predicted octanol–water partition coefficient (Wildman–Crippen LogP) is 5.35. The molecule has 0 unspecified atom stereocenters. The molecule has 0 heterocycles. The quantitative estimate of drug-likeness (QED) is 0.718. The van der Waals surface area contributed by atoms with E-state index < -0.39 is 0 Å². The summed E-state index contributed by atoms with van der Waals surface area (Å²) in [6.45, 7) is 4.33. The molecule has 0 bridgehead atoms. The van der Waals surface area contributed by atoms with Crippen LogP contribution in [0, 0.1) is 0 Å². The van der Waals surface area contributed by atoms with Gasteiger partial charge >= 0.3 is 0 Å². The Labute approximate surface area is 132 Å². The van der Waals surface area contributed by atoms with Crippen molar-refractivity contribution in [2.75, 3.05) is 0 Å². The second-order valence-electron chi connectivity index (χ2n) is 7.42. The molecule has 21 heavy (non-hydrogen) atoms. The lowest BCUT2D eigenvalue weighted by Crippen LogP contribution is -2.30. The van der Waals surface area contributed by atoms with Crippen LogP contribution < -0.4 is 0 Å². The van der Waals surface area contributed by atoms with Crippen molar-refractivity contribution < 1.29 is 10.2 Å². The molecule has 0 amide bonds. The zero-order chi connectivity index (χ0) is 15.6. The second kappa shape index (κ2) is 9.84. The van der Waals surface area contributed by atoms with E-state index in [-0.39, 0.29) is 11.2 Å². The van der Waals surface area contributed by atoms with Crippen molar-refractivity contribution in [1.29, 1.82) is 0 Å². The molecule has 0 atom stereocenters. The van der Waals surface area contributed by atoms with Gasteiger partial charge in [-0.3, -0.25) is 0 Å². The molecule has 0 spiro atoms. The van der Waals surface area contributed by atoms with Crippen LogP contribution in [0.1, 0.15) is 110 Å². The van der Waals surface area contributed by atoms with Gasteiger partial charge in [0.25, 0.3) is 0 Å². The van der Waals surface area contributed by atoms with Gasteiger partial charge in [0, 0.05) is 0 Å². The summed E-state index contributed by atoms with van der Waals surface area (Å²) in [6, 6.07) is 0. The van der Waals surface area contributed by atoms with Crippen molar-refractivity contribution in [1.82, 2.24) is 0 Å². The first kappa shape index (κ1) is 19.0. The van der Waals surface area contributed by atoms with Crippen molar-refractivity contribution in [3.05, 3.63) is 0 Å². The van der Waals surface area contributed by atoms with Crippen LogP contribution in [-0.2, 0) is 0 Å². The van der Waals surface area contributed by atoms with Gasteiger partial charge in [0.2, 0.25) is 0 Å². The van der Waals surface area contributed by atoms with Crippen molar-refractivity contribution in [2.24, 2.45) is 0 Å². The van der Waals surface area contributed by atoms with Crippen molar-refractivity contribution >= 4 is 0 Å². The minimum absolute atomic E-state index is 0.270. The Kier molecular flexibility index (Phi) is 8.89. The zero-order valence-electron chi connectivity index (χ0n) is 14.5. The summed E-state index contributed by atoms with van der Waals surface area (Å²) in [5, 5.41) is 19.9. The Hall–Kier alpha value is -0.0800. The lowest BCUT2D eigenvalue weighted by molar-refractivity contribution is -0.00562. The van der Waals surface area contributed by atoms with Crippen LogP contribution in [0.15, 0.2) is 0 Å². The van der Waals surface area contributed by atoms with E-state index in [4.69, 9.17) is 0 Å². The van der Waals surface area contributed by atoms with Crippen LogP contribution in [0.2, 0.25) is 0 Å². The molecule has 0 radical (unpaired) electrons. The fourth-order valence-electron chi connectivity index (χ4n) is 3.89. The Balaban J connectivity index is 0.000000211. The summed E-state index contributed by atoms with van der Waals surface area (Å²) >= 11 is 0. The fraction of sp³-hybridized carbons (Fsp3) is 1.00. The van der Waals surface area contributed by atoms with Gasteiger partial charge < -0.3 is 10.2 Å². The van der Waals surface area contributed by atoms with Gasteiger partial charge in [-0.1, -0.05) is 71.6 Å². The summed E-state index contributed by atoms with van der Waals surface area (Å²) in [6.07, 6.45) is 17.3. The van der Waals surface area contributed by atoms with Gasteiger partial charge in [0.1, 0.15) is 0 Å². The third-order valence-corrected chi connectivity index (χ3v) is 5.28. The molecule has 2 heteroatoms. The molecule has 2 aliphatic rings. The number of unbranched alkanes of at least 4 members (excludes halogenated alkanes) is 1. The molecule has 126 valence electrons. The highest BCUT2D eigenvalue weighted by molar-refractivity contribution is 4.82. The van der Waals surface area contributed by atoms with Crippen molar-refractivity contribution in [3.63, 3.8) is 0 Å². The van der Waals surface area contributed by atoms with Gasteiger partial charge in [-0.15, -0.1) is 0 Å². The Morgan fingerprint density at radius 3 is 1.43 bits per heavy atom. The van der Waals surface area contributed by atoms with Crippen LogP contribution in [0.25, 0.3) is 0 Å². The van der Waals surface area contributed by atoms with E-state index in [1.165, 1.54) is 51.4 Å². The number of hydrogen-bond donors (Lipinski definition) is 2. The summed E-state index contributed by atoms with van der Waals surface area (Å²) in [7, 11) is 0. The molecule has 2 rings (SSSR count). The molecule has 0 saturated heterocycles. The van der Waals surface area contributed by atoms with E-state index >= 15 is 0 Å². The normalized spacial score (nSPS) is 24.0. The van der Waals surface area contributed by atoms with Gasteiger partial charge in [-0.05, 0) is 38.5 Å². The fourth-order valence-corrected chi connectivity index (χ4v) is 3.89. The monoisotopic (exact) mass is 298 g/mol. The number of rotatable bonds is 5. The molecule has 2 nitrogen and oxygen atoms in total. The van der Waals surface area contributed by atoms with E-state index in [1.807, 2.05) is 0 Å². The first-order chi connectivity index (χ1) is 10.0. The average Bonchev–Trinajstić information content (AvgIpc) is 2.47. The predicted molar refractivity (Wildman–Crippen MR) is 90.5 cm³/mol. The van der Waals surface area contributed by atoms with E-state index in [2.05, 4.69) is 13.8 Å². The summed E-state index contributed by atoms with van der Waals surface area (Å²) in [5.74, 6) is 0. The zero-order valence-corrected chi connectivity index (χ0v) is 14.5. The maximum absolute atomic E-state index is 10.0. The Morgan fingerprint density at radius 2 is 1.05 bits per heavy atom. The average molecular weight is 299 g/mol. The summed E-state index contributed by atoms with van der Waals surface area (Å²) in [5.41, 5.74) is -0.540. The highest BCUT2D eigenvalue weighted by Crippen LogP contribution is 2.32. The number of hydrogen-bond acceptors (Lipinski definition) is 2. The van der Waals surface area contributed by atoms with E-state index in [0.717, 1.165) is 44.9 Å². The van der Waals surface area contributed by atoms with Gasteiger partial charge in [-0.25, -0.2) is 0 Å². The van der Waals surface area contributed by atoms with Crippen LogP contribution >= 0.6 is 0 Å². The molecule has 2 aliphatic carbocycles. The Morgan fingerprint density at radius 1 is 0.619 bits per heavy atom. The lowest BCUT2D eigenvalue weighted by atomic mass is 9.81. The molecule has 0 aliphatic heterocycles. The van der Waals surface area contributed by atoms with Crippen LogP contribution in [0.3, 0.4) is 0 Å². The lowest BCUT2D eigenvalue weighted by Gasteiger charge is -2.31. The largest absolute Gasteiger partial charge is 0.390 e. The standard InChI is InChI=1S/C10H20O.C9H18O/c1-2-3-7-10(11)8-5-4-6-9-10;1-2-6-9(10)7-4-3-5-8-9/h11H,2-9H2,1H3;10H,2-8H2,1H3. The molecule has 0 aromatic heterocycles. The van der Waals surface area contributed by atoms with Crippen molar-refractivity contribution in [3.8, 4) is 0 Å². The first-order valence-corrected chi connectivity index (χ1v) is 9.48. The smallest absolute Gasteiger partial charge is 0.0647 e. The molecular formula is C19H38O2. The van der Waals surface area contributed by atoms with Gasteiger partial charge in [0.05, 0.1) is 11.2 Å². The van der Waals surface area contributed by atoms with E-state index in [0.29, 0.717) is 0 Å². The minimum atomic E-state index is -0.271. The molecule has 0 aromatic carbocycles. The molecule has 2 saturated carbocycles. The van der Waals surface area contributed by atoms with Crippen LogP contribution in [0.5, 0.6) is 0 Å². The van der Waals surface area contributed by atoms with E-state index in [1.54, 1.807) is 0 Å². The maximum atomic E-state index is 10.0. The van der Waals surface area contributed by atoms with E-state index in [9.17, 15) is 10.2 Å². The van der Waals surface area contributed by atoms with Gasteiger partial charge in [0.15, 0.2) is 0 Å². The Bertz CT molecular complexity index is 245. The third-order valence-electron chi connectivity index (χ3n) is 5.28. The molecule has 2 N–H and O–H groups in total. The highest BCUT2D eigenvalue weighted by atomic mass is 16.3. The molecule has 2 fully saturated rings. The van der Waals surface area contributed by atoms with Gasteiger partial charge in [-0.2, -0.15) is 0 Å². The summed E-state index contributed by atoms with van der Waals surface area (Å²) < 4.78 is 0. The SMILES string of the molecule is CCCC1(O)CCCCC1.CCCCC1(O)CCCCC1. The van der Waals surface area contributed by atoms with Crippen LogP contribution in [0.4, 0.5) is 0 Å². The maximum Gasteiger partial charge on any atom is 0.0647 e. The highest BCUT2D eigenvalue weighted by Gasteiger charge is 2.28. The summed E-state index contributed by atoms with van der Waals surface area (Å²) in [4.78, 5) is 0. The minimum Gasteiger partial charge on any atom is -0.390 e. The molecular weight excluding hydrogens is 260 g/mol.